The summed E-state index contributed by atoms with van der Waals surface area (Å²) < 4.78 is 0. The molecule has 1 N–H and O–H groups in total. The smallest absolute Gasteiger partial charge is 0.306 e. The summed E-state index contributed by atoms with van der Waals surface area (Å²) in [5.74, 6) is -1.28. The highest BCUT2D eigenvalue weighted by Crippen LogP contribution is 2.20. The Morgan fingerprint density at radius 1 is 0.767 bits per heavy atom. The highest BCUT2D eigenvalue weighted by molar-refractivity contribution is 6.07. The van der Waals surface area contributed by atoms with E-state index in [0.717, 1.165) is 23.1 Å². The number of ketones is 1. The topological polar surface area (TPSA) is 54.4 Å². The molecule has 0 aromatic heterocycles. The molecule has 0 fully saturated rings. The van der Waals surface area contributed by atoms with E-state index in [1.807, 2.05) is 84.9 Å². The van der Waals surface area contributed by atoms with Crippen LogP contribution in [-0.2, 0) is 17.6 Å². The van der Waals surface area contributed by atoms with Gasteiger partial charge in [0.2, 0.25) is 0 Å². The zero-order valence-electron chi connectivity index (χ0n) is 16.9. The molecule has 0 heterocycles. The number of carboxylic acid groups (broad SMARTS) is 1. The molecule has 30 heavy (non-hydrogen) atoms. The first kappa shape index (κ1) is 21.3. The Kier molecular flexibility index (Phi) is 7.73. The van der Waals surface area contributed by atoms with Crippen LogP contribution in [0, 0.1) is 5.92 Å². The maximum absolute atomic E-state index is 12.7. The van der Waals surface area contributed by atoms with Crippen LogP contribution in [0.25, 0.3) is 6.08 Å². The fraction of sp³-hybridized carbons (Fsp3) is 0.185. The van der Waals surface area contributed by atoms with Crippen molar-refractivity contribution in [3.8, 4) is 0 Å². The zero-order valence-corrected chi connectivity index (χ0v) is 16.9. The lowest BCUT2D eigenvalue weighted by molar-refractivity contribution is -0.142. The zero-order chi connectivity index (χ0) is 21.2. The van der Waals surface area contributed by atoms with Gasteiger partial charge >= 0.3 is 5.97 Å². The minimum absolute atomic E-state index is 0.0642. The summed E-state index contributed by atoms with van der Waals surface area (Å²) in [6, 6.07) is 27.1. The SMILES string of the molecule is O=C(/C=C/c1ccccc1)c1ccccc1CC[C@@H](CCc1ccccc1)C(=O)O. The Bertz CT molecular complexity index is 991. The Balaban J connectivity index is 1.65. The predicted octanol–water partition coefficient (Wildman–Crippen LogP) is 5.85. The number of benzene rings is 3. The highest BCUT2D eigenvalue weighted by Gasteiger charge is 2.18. The van der Waals surface area contributed by atoms with Crippen molar-refractivity contribution in [2.45, 2.75) is 25.7 Å². The van der Waals surface area contributed by atoms with Gasteiger partial charge in [-0.2, -0.15) is 0 Å². The number of hydrogen-bond acceptors (Lipinski definition) is 2. The van der Waals surface area contributed by atoms with Crippen molar-refractivity contribution in [2.75, 3.05) is 0 Å². The van der Waals surface area contributed by atoms with Crippen molar-refractivity contribution >= 4 is 17.8 Å². The average molecular weight is 399 g/mol. The van der Waals surface area contributed by atoms with E-state index in [1.165, 1.54) is 0 Å². The molecule has 0 spiro atoms. The second kappa shape index (κ2) is 10.9. The van der Waals surface area contributed by atoms with Crippen molar-refractivity contribution < 1.29 is 14.7 Å². The quantitative estimate of drug-likeness (QED) is 0.344. The normalized spacial score (nSPS) is 12.0. The summed E-state index contributed by atoms with van der Waals surface area (Å²) in [7, 11) is 0. The molecule has 3 rings (SSSR count). The second-order valence-electron chi connectivity index (χ2n) is 7.36. The van der Waals surface area contributed by atoms with Crippen LogP contribution in [0.3, 0.4) is 0 Å². The molecule has 1 atom stereocenters. The van der Waals surface area contributed by atoms with Crippen molar-refractivity contribution in [1.82, 2.24) is 0 Å². The average Bonchev–Trinajstić information content (AvgIpc) is 2.79. The first-order chi connectivity index (χ1) is 14.6. The number of rotatable bonds is 10. The van der Waals surface area contributed by atoms with Gasteiger partial charge in [-0.05, 0) is 48.4 Å². The molecular formula is C27H26O3. The van der Waals surface area contributed by atoms with Gasteiger partial charge in [-0.25, -0.2) is 0 Å². The fourth-order valence-corrected chi connectivity index (χ4v) is 3.51. The minimum atomic E-state index is -0.779. The Labute approximate surface area is 177 Å². The van der Waals surface area contributed by atoms with Crippen LogP contribution in [0.5, 0.6) is 0 Å². The molecule has 3 heteroatoms. The van der Waals surface area contributed by atoms with Gasteiger partial charge in [-0.3, -0.25) is 9.59 Å². The molecule has 0 unspecified atom stereocenters. The lowest BCUT2D eigenvalue weighted by Gasteiger charge is -2.14. The van der Waals surface area contributed by atoms with Crippen LogP contribution in [0.4, 0.5) is 0 Å². The predicted molar refractivity (Wildman–Crippen MR) is 120 cm³/mol. The third-order valence-electron chi connectivity index (χ3n) is 5.25. The van der Waals surface area contributed by atoms with E-state index in [9.17, 15) is 14.7 Å². The minimum Gasteiger partial charge on any atom is -0.481 e. The van der Waals surface area contributed by atoms with Crippen LogP contribution in [-0.4, -0.2) is 16.9 Å². The van der Waals surface area contributed by atoms with Crippen molar-refractivity contribution in [1.29, 1.82) is 0 Å². The molecule has 0 saturated carbocycles. The second-order valence-corrected chi connectivity index (χ2v) is 7.36. The van der Waals surface area contributed by atoms with Gasteiger partial charge < -0.3 is 5.11 Å². The summed E-state index contributed by atoms with van der Waals surface area (Å²) in [4.78, 5) is 24.5. The van der Waals surface area contributed by atoms with E-state index in [4.69, 9.17) is 0 Å². The number of allylic oxidation sites excluding steroid dienone is 1. The van der Waals surface area contributed by atoms with E-state index in [-0.39, 0.29) is 5.78 Å². The number of carboxylic acids is 1. The first-order valence-electron chi connectivity index (χ1n) is 10.3. The van der Waals surface area contributed by atoms with Gasteiger partial charge in [0.05, 0.1) is 5.92 Å². The first-order valence-corrected chi connectivity index (χ1v) is 10.3. The third-order valence-corrected chi connectivity index (χ3v) is 5.25. The Morgan fingerprint density at radius 2 is 1.37 bits per heavy atom. The number of carbonyl (C=O) groups is 2. The number of carbonyl (C=O) groups excluding carboxylic acids is 1. The molecule has 3 aromatic carbocycles. The third kappa shape index (κ3) is 6.28. The molecule has 0 amide bonds. The standard InChI is InChI=1S/C27H26O3/c28-26(20-16-22-11-5-2-6-12-22)25-14-8-7-13-23(25)18-19-24(27(29)30)17-15-21-9-3-1-4-10-21/h1-14,16,20,24H,15,17-19H2,(H,29,30)/b20-16+/t24-/m1/s1. The van der Waals surface area contributed by atoms with E-state index in [0.29, 0.717) is 24.8 Å². The van der Waals surface area contributed by atoms with Crippen LogP contribution >= 0.6 is 0 Å². The summed E-state index contributed by atoms with van der Waals surface area (Å²) >= 11 is 0. The summed E-state index contributed by atoms with van der Waals surface area (Å²) in [5.41, 5.74) is 3.64. The maximum atomic E-state index is 12.7. The van der Waals surface area contributed by atoms with E-state index in [2.05, 4.69) is 0 Å². The maximum Gasteiger partial charge on any atom is 0.306 e. The van der Waals surface area contributed by atoms with Crippen molar-refractivity contribution in [3.05, 3.63) is 113 Å². The van der Waals surface area contributed by atoms with Gasteiger partial charge in [-0.15, -0.1) is 0 Å². The molecule has 3 aromatic rings. The monoisotopic (exact) mass is 398 g/mol. The number of aliphatic carboxylic acids is 1. The van der Waals surface area contributed by atoms with Crippen molar-refractivity contribution in [3.63, 3.8) is 0 Å². The molecule has 0 aliphatic rings. The van der Waals surface area contributed by atoms with Crippen LogP contribution in [0.1, 0.15) is 39.9 Å². The van der Waals surface area contributed by atoms with Gasteiger partial charge in [0, 0.05) is 5.56 Å². The van der Waals surface area contributed by atoms with E-state index < -0.39 is 11.9 Å². The lowest BCUT2D eigenvalue weighted by atomic mass is 9.91. The van der Waals surface area contributed by atoms with Crippen LogP contribution in [0.15, 0.2) is 91.0 Å². The fourth-order valence-electron chi connectivity index (χ4n) is 3.51. The highest BCUT2D eigenvalue weighted by atomic mass is 16.4. The Morgan fingerprint density at radius 3 is 2.07 bits per heavy atom. The van der Waals surface area contributed by atoms with Gasteiger partial charge in [0.1, 0.15) is 0 Å². The summed E-state index contributed by atoms with van der Waals surface area (Å²) in [6.07, 6.45) is 5.78. The van der Waals surface area contributed by atoms with Crippen LogP contribution in [0.2, 0.25) is 0 Å². The molecule has 0 aliphatic heterocycles. The van der Waals surface area contributed by atoms with Gasteiger partial charge in [-0.1, -0.05) is 91.0 Å². The molecule has 0 aliphatic carbocycles. The summed E-state index contributed by atoms with van der Waals surface area (Å²) in [6.45, 7) is 0. The van der Waals surface area contributed by atoms with Gasteiger partial charge in [0.15, 0.2) is 5.78 Å². The summed E-state index contributed by atoms with van der Waals surface area (Å²) in [5, 5.41) is 9.64. The van der Waals surface area contributed by atoms with Crippen LogP contribution < -0.4 is 0 Å². The molecule has 0 radical (unpaired) electrons. The number of hydrogen-bond donors (Lipinski definition) is 1. The number of aryl methyl sites for hydroxylation is 2. The largest absolute Gasteiger partial charge is 0.481 e. The Hall–Kier alpha value is -3.46. The molecule has 152 valence electrons. The van der Waals surface area contributed by atoms with Gasteiger partial charge in [0.25, 0.3) is 0 Å². The molecule has 0 saturated heterocycles. The lowest BCUT2D eigenvalue weighted by Crippen LogP contribution is -2.16. The molecule has 0 bridgehead atoms. The van der Waals surface area contributed by atoms with E-state index in [1.54, 1.807) is 12.2 Å². The van der Waals surface area contributed by atoms with Crippen molar-refractivity contribution in [2.24, 2.45) is 5.92 Å². The molecular weight excluding hydrogens is 372 g/mol. The van der Waals surface area contributed by atoms with E-state index >= 15 is 0 Å². The molecule has 3 nitrogen and oxygen atoms in total.